The van der Waals surface area contributed by atoms with E-state index in [1.807, 2.05) is 43.3 Å². The van der Waals surface area contributed by atoms with Crippen molar-refractivity contribution in [1.82, 2.24) is 5.32 Å². The molecule has 5 nitrogen and oxygen atoms in total. The summed E-state index contributed by atoms with van der Waals surface area (Å²) in [7, 11) is -3.92. The van der Waals surface area contributed by atoms with Gasteiger partial charge in [-0.1, -0.05) is 55.3 Å². The number of benzene rings is 3. The molecule has 0 spiro atoms. The quantitative estimate of drug-likeness (QED) is 0.234. The Morgan fingerprint density at radius 3 is 2.20 bits per heavy atom. The van der Waals surface area contributed by atoms with Gasteiger partial charge in [-0.25, -0.2) is 8.42 Å². The van der Waals surface area contributed by atoms with E-state index >= 15 is 0 Å². The van der Waals surface area contributed by atoms with Crippen LogP contribution in [0.1, 0.15) is 37.3 Å². The zero-order valence-electron chi connectivity index (χ0n) is 20.2. The highest BCUT2D eigenvalue weighted by Crippen LogP contribution is 2.26. The number of thioether (sulfide) groups is 1. The van der Waals surface area contributed by atoms with Crippen LogP contribution in [0, 0.1) is 6.92 Å². The first-order valence-electron chi connectivity index (χ1n) is 11.5. The predicted molar refractivity (Wildman–Crippen MR) is 146 cm³/mol. The van der Waals surface area contributed by atoms with Crippen molar-refractivity contribution in [3.05, 3.63) is 88.9 Å². The Labute approximate surface area is 217 Å². The standard InChI is InChI=1S/C27H31ClN2O3S2/c1-20(2)22-7-11-24(12-8-22)30(35(32,33)26-15-5-21(3)6-16-26)19-27(31)29-17-4-18-34-25-13-9-23(28)10-14-25/h5-16,20H,4,17-19H2,1-3H3,(H,29,31). The molecule has 8 heteroatoms. The Morgan fingerprint density at radius 1 is 0.971 bits per heavy atom. The maximum Gasteiger partial charge on any atom is 0.264 e. The monoisotopic (exact) mass is 530 g/mol. The number of nitrogens with zero attached hydrogens (tertiary/aromatic N) is 1. The fourth-order valence-corrected chi connectivity index (χ4v) is 5.79. The van der Waals surface area contributed by atoms with Crippen molar-refractivity contribution in [1.29, 1.82) is 0 Å². The SMILES string of the molecule is Cc1ccc(S(=O)(=O)N(CC(=O)NCCCSc2ccc(Cl)cc2)c2ccc(C(C)C)cc2)cc1. The molecule has 3 aromatic rings. The predicted octanol–water partition coefficient (Wildman–Crippen LogP) is 6.27. The largest absolute Gasteiger partial charge is 0.354 e. The van der Waals surface area contributed by atoms with Gasteiger partial charge in [-0.15, -0.1) is 11.8 Å². The minimum atomic E-state index is -3.92. The fourth-order valence-electron chi connectivity index (χ4n) is 3.39. The van der Waals surface area contributed by atoms with Crippen LogP contribution in [-0.2, 0) is 14.8 Å². The summed E-state index contributed by atoms with van der Waals surface area (Å²) in [6.07, 6.45) is 0.757. The molecule has 0 aliphatic carbocycles. The van der Waals surface area contributed by atoms with Crippen molar-refractivity contribution >= 4 is 45.0 Å². The van der Waals surface area contributed by atoms with E-state index in [-0.39, 0.29) is 17.3 Å². The summed E-state index contributed by atoms with van der Waals surface area (Å²) in [6, 6.07) is 21.6. The molecule has 0 aromatic heterocycles. The molecule has 0 fully saturated rings. The molecule has 186 valence electrons. The van der Waals surface area contributed by atoms with Gasteiger partial charge in [0.05, 0.1) is 10.6 Å². The molecule has 0 saturated heterocycles. The number of aryl methyl sites for hydroxylation is 1. The number of anilines is 1. The minimum Gasteiger partial charge on any atom is -0.354 e. The number of rotatable bonds is 11. The van der Waals surface area contributed by atoms with Crippen LogP contribution in [0.2, 0.25) is 5.02 Å². The van der Waals surface area contributed by atoms with Gasteiger partial charge in [-0.05, 0) is 79.1 Å². The van der Waals surface area contributed by atoms with Crippen LogP contribution in [0.25, 0.3) is 0 Å². The number of carbonyl (C=O) groups is 1. The van der Waals surface area contributed by atoms with Gasteiger partial charge in [0.1, 0.15) is 6.54 Å². The lowest BCUT2D eigenvalue weighted by Gasteiger charge is -2.24. The number of sulfonamides is 1. The molecule has 0 unspecified atom stereocenters. The lowest BCUT2D eigenvalue weighted by Crippen LogP contribution is -2.41. The van der Waals surface area contributed by atoms with E-state index in [1.165, 1.54) is 4.31 Å². The van der Waals surface area contributed by atoms with Gasteiger partial charge in [-0.3, -0.25) is 9.10 Å². The summed E-state index contributed by atoms with van der Waals surface area (Å²) in [5, 5.41) is 3.56. The van der Waals surface area contributed by atoms with Crippen LogP contribution in [0.15, 0.2) is 82.6 Å². The van der Waals surface area contributed by atoms with Crippen LogP contribution in [-0.4, -0.2) is 33.2 Å². The minimum absolute atomic E-state index is 0.156. The third-order valence-electron chi connectivity index (χ3n) is 5.47. The molecule has 1 amide bonds. The van der Waals surface area contributed by atoms with E-state index in [0.29, 0.717) is 23.2 Å². The summed E-state index contributed by atoms with van der Waals surface area (Å²) in [5.41, 5.74) is 2.53. The Balaban J connectivity index is 1.67. The van der Waals surface area contributed by atoms with Crippen molar-refractivity contribution in [3.8, 4) is 0 Å². The Hall–Kier alpha value is -2.48. The Kier molecular flexibility index (Phi) is 9.66. The highest BCUT2D eigenvalue weighted by atomic mass is 35.5. The van der Waals surface area contributed by atoms with Crippen LogP contribution < -0.4 is 9.62 Å². The molecule has 0 atom stereocenters. The highest BCUT2D eigenvalue weighted by Gasteiger charge is 2.27. The molecule has 0 aliphatic heterocycles. The highest BCUT2D eigenvalue weighted by molar-refractivity contribution is 7.99. The number of halogens is 1. The van der Waals surface area contributed by atoms with Gasteiger partial charge in [-0.2, -0.15) is 0 Å². The van der Waals surface area contributed by atoms with Crippen LogP contribution in [0.3, 0.4) is 0 Å². The van der Waals surface area contributed by atoms with Crippen LogP contribution >= 0.6 is 23.4 Å². The normalized spacial score (nSPS) is 11.5. The second-order valence-corrected chi connectivity index (χ2v) is 12.0. The average Bonchev–Trinajstić information content (AvgIpc) is 2.83. The van der Waals surface area contributed by atoms with Gasteiger partial charge in [0.15, 0.2) is 0 Å². The lowest BCUT2D eigenvalue weighted by molar-refractivity contribution is -0.119. The summed E-state index contributed by atoms with van der Waals surface area (Å²) in [6.45, 7) is 6.23. The first-order chi connectivity index (χ1) is 16.7. The third-order valence-corrected chi connectivity index (χ3v) is 8.61. The first kappa shape index (κ1) is 27.1. The van der Waals surface area contributed by atoms with E-state index in [4.69, 9.17) is 11.6 Å². The molecule has 3 rings (SSSR count). The summed E-state index contributed by atoms with van der Waals surface area (Å²) < 4.78 is 28.2. The van der Waals surface area contributed by atoms with Crippen LogP contribution in [0.4, 0.5) is 5.69 Å². The smallest absolute Gasteiger partial charge is 0.264 e. The summed E-state index contributed by atoms with van der Waals surface area (Å²) in [4.78, 5) is 14.0. The van der Waals surface area contributed by atoms with Crippen LogP contribution in [0.5, 0.6) is 0 Å². The van der Waals surface area contributed by atoms with E-state index in [1.54, 1.807) is 48.2 Å². The Morgan fingerprint density at radius 2 is 1.60 bits per heavy atom. The first-order valence-corrected chi connectivity index (χ1v) is 14.3. The van der Waals surface area contributed by atoms with E-state index < -0.39 is 10.0 Å². The molecule has 0 bridgehead atoms. The lowest BCUT2D eigenvalue weighted by atomic mass is 10.0. The number of hydrogen-bond donors (Lipinski definition) is 1. The van der Waals surface area contributed by atoms with Gasteiger partial charge in [0, 0.05) is 16.5 Å². The molecule has 0 saturated carbocycles. The van der Waals surface area contributed by atoms with E-state index in [9.17, 15) is 13.2 Å². The zero-order valence-corrected chi connectivity index (χ0v) is 22.6. The molecule has 3 aromatic carbocycles. The Bertz CT molecular complexity index is 1210. The van der Waals surface area contributed by atoms with Crippen molar-refractivity contribution in [2.24, 2.45) is 0 Å². The molecular formula is C27H31ClN2O3S2. The third kappa shape index (κ3) is 7.75. The molecule has 1 N–H and O–H groups in total. The van der Waals surface area contributed by atoms with Gasteiger partial charge in [0.2, 0.25) is 5.91 Å². The number of carbonyl (C=O) groups excluding carboxylic acids is 1. The zero-order chi connectivity index (χ0) is 25.4. The van der Waals surface area contributed by atoms with Gasteiger partial charge in [0.25, 0.3) is 10.0 Å². The number of nitrogens with one attached hydrogen (secondary N) is 1. The maximum absolute atomic E-state index is 13.5. The van der Waals surface area contributed by atoms with Gasteiger partial charge >= 0.3 is 0 Å². The summed E-state index contributed by atoms with van der Waals surface area (Å²) in [5.74, 6) is 0.801. The maximum atomic E-state index is 13.5. The van der Waals surface area contributed by atoms with Gasteiger partial charge < -0.3 is 5.32 Å². The number of amides is 1. The van der Waals surface area contributed by atoms with Crippen molar-refractivity contribution in [3.63, 3.8) is 0 Å². The molecular weight excluding hydrogens is 500 g/mol. The topological polar surface area (TPSA) is 66.5 Å². The fraction of sp³-hybridized carbons (Fsp3) is 0.296. The number of hydrogen-bond acceptors (Lipinski definition) is 4. The molecule has 0 aliphatic rings. The molecule has 0 heterocycles. The molecule has 0 radical (unpaired) electrons. The average molecular weight is 531 g/mol. The van der Waals surface area contributed by atoms with Crippen molar-refractivity contribution in [2.75, 3.05) is 23.1 Å². The van der Waals surface area contributed by atoms with Crippen molar-refractivity contribution in [2.45, 2.75) is 42.9 Å². The molecule has 35 heavy (non-hydrogen) atoms. The second-order valence-electron chi connectivity index (χ2n) is 8.58. The second kappa shape index (κ2) is 12.5. The summed E-state index contributed by atoms with van der Waals surface area (Å²) >= 11 is 7.59. The van der Waals surface area contributed by atoms with E-state index in [2.05, 4.69) is 19.2 Å². The van der Waals surface area contributed by atoms with Crippen molar-refractivity contribution < 1.29 is 13.2 Å². The van der Waals surface area contributed by atoms with E-state index in [0.717, 1.165) is 28.2 Å².